The second kappa shape index (κ2) is 11.1. The number of primary amides is 1. The number of nitrogens with zero attached hydrogens (tertiary/aromatic N) is 1. The SMILES string of the molecule is CCC1C(COc2ncc(C#CC3CCC(CO)CC3)c3cc(C(N)=O)c(OC)cc23)NC(=O)C1F. The van der Waals surface area contributed by atoms with Crippen molar-refractivity contribution in [1.82, 2.24) is 10.3 Å². The second-order valence-corrected chi connectivity index (χ2v) is 9.51. The van der Waals surface area contributed by atoms with E-state index in [2.05, 4.69) is 22.1 Å². The fraction of sp³-hybridized carbons (Fsp3) is 0.519. The van der Waals surface area contributed by atoms with E-state index in [0.717, 1.165) is 25.7 Å². The van der Waals surface area contributed by atoms with Crippen LogP contribution in [0.3, 0.4) is 0 Å². The van der Waals surface area contributed by atoms with Gasteiger partial charge in [0.1, 0.15) is 12.4 Å². The number of carbonyl (C=O) groups excluding carboxylic acids is 2. The van der Waals surface area contributed by atoms with Crippen LogP contribution in [-0.4, -0.2) is 54.4 Å². The maximum absolute atomic E-state index is 14.2. The van der Waals surface area contributed by atoms with Crippen molar-refractivity contribution in [3.05, 3.63) is 29.5 Å². The predicted octanol–water partition coefficient (Wildman–Crippen LogP) is 2.73. The Labute approximate surface area is 209 Å². The number of ether oxygens (including phenoxy) is 2. The van der Waals surface area contributed by atoms with E-state index in [9.17, 15) is 19.1 Å². The third-order valence-corrected chi connectivity index (χ3v) is 7.29. The molecule has 0 spiro atoms. The van der Waals surface area contributed by atoms with Gasteiger partial charge in [-0.1, -0.05) is 18.8 Å². The highest BCUT2D eigenvalue weighted by molar-refractivity contribution is 6.03. The molecule has 2 amide bonds. The van der Waals surface area contributed by atoms with Gasteiger partial charge >= 0.3 is 0 Å². The first-order valence-electron chi connectivity index (χ1n) is 12.4. The molecule has 36 heavy (non-hydrogen) atoms. The van der Waals surface area contributed by atoms with Gasteiger partial charge < -0.3 is 25.6 Å². The van der Waals surface area contributed by atoms with Gasteiger partial charge in [-0.2, -0.15) is 0 Å². The standard InChI is InChI=1S/C27H32FN3O5/c1-3-18-22(31-26(34)24(18)28)14-36-27-20-11-23(35-2)21(25(29)33)10-19(20)17(12-30-27)9-8-15-4-6-16(13-32)7-5-15/h10-12,15-16,18,22,24,32H,3-7,13-14H2,1-2H3,(H2,29,33)(H,31,34). The molecular formula is C27H32FN3O5. The summed E-state index contributed by atoms with van der Waals surface area (Å²) in [6.07, 6.45) is 4.26. The van der Waals surface area contributed by atoms with Crippen molar-refractivity contribution < 1.29 is 28.6 Å². The van der Waals surface area contributed by atoms with Crippen LogP contribution in [0.5, 0.6) is 11.6 Å². The third kappa shape index (κ3) is 5.24. The van der Waals surface area contributed by atoms with E-state index < -0.39 is 29.9 Å². The largest absolute Gasteiger partial charge is 0.496 e. The number of methoxy groups -OCH3 is 1. The maximum Gasteiger partial charge on any atom is 0.255 e. The highest BCUT2D eigenvalue weighted by Crippen LogP contribution is 2.34. The summed E-state index contributed by atoms with van der Waals surface area (Å²) in [5.74, 6) is 5.90. The van der Waals surface area contributed by atoms with E-state index in [0.29, 0.717) is 28.7 Å². The fourth-order valence-electron chi connectivity index (χ4n) is 5.08. The van der Waals surface area contributed by atoms with Crippen LogP contribution in [0.4, 0.5) is 4.39 Å². The maximum atomic E-state index is 14.2. The smallest absolute Gasteiger partial charge is 0.255 e. The minimum atomic E-state index is -1.56. The Bertz CT molecular complexity index is 1200. The van der Waals surface area contributed by atoms with Gasteiger partial charge in [-0.3, -0.25) is 9.59 Å². The van der Waals surface area contributed by atoms with E-state index in [1.807, 2.05) is 6.92 Å². The number of alkyl halides is 1. The number of rotatable bonds is 7. The molecule has 1 saturated heterocycles. The summed E-state index contributed by atoms with van der Waals surface area (Å²) in [7, 11) is 1.44. The molecule has 192 valence electrons. The summed E-state index contributed by atoms with van der Waals surface area (Å²) in [5, 5.41) is 13.2. The number of hydrogen-bond donors (Lipinski definition) is 3. The number of benzene rings is 1. The number of fused-ring (bicyclic) bond motifs is 1. The summed E-state index contributed by atoms with van der Waals surface area (Å²) >= 11 is 0. The number of halogens is 1. The molecule has 3 atom stereocenters. The molecule has 1 aromatic heterocycles. The number of nitrogens with one attached hydrogen (secondary N) is 1. The summed E-state index contributed by atoms with van der Waals surface area (Å²) in [5.41, 5.74) is 6.42. The van der Waals surface area contributed by atoms with Crippen LogP contribution >= 0.6 is 0 Å². The number of aliphatic hydroxyl groups is 1. The van der Waals surface area contributed by atoms with Crippen molar-refractivity contribution >= 4 is 22.6 Å². The molecule has 9 heteroatoms. The van der Waals surface area contributed by atoms with Gasteiger partial charge in [0.15, 0.2) is 6.17 Å². The van der Waals surface area contributed by atoms with E-state index in [4.69, 9.17) is 15.2 Å². The zero-order valence-corrected chi connectivity index (χ0v) is 20.6. The minimum Gasteiger partial charge on any atom is -0.496 e. The highest BCUT2D eigenvalue weighted by atomic mass is 19.1. The van der Waals surface area contributed by atoms with E-state index >= 15 is 0 Å². The lowest BCUT2D eigenvalue weighted by Crippen LogP contribution is -2.34. The Kier molecular flexibility index (Phi) is 7.94. The first-order valence-corrected chi connectivity index (χ1v) is 12.4. The molecule has 8 nitrogen and oxygen atoms in total. The van der Waals surface area contributed by atoms with E-state index in [-0.39, 0.29) is 36.3 Å². The number of carbonyl (C=O) groups is 2. The van der Waals surface area contributed by atoms with Crippen molar-refractivity contribution in [3.8, 4) is 23.5 Å². The van der Waals surface area contributed by atoms with Crippen molar-refractivity contribution in [1.29, 1.82) is 0 Å². The van der Waals surface area contributed by atoms with Gasteiger partial charge in [-0.15, -0.1) is 0 Å². The molecular weight excluding hydrogens is 465 g/mol. The quantitative estimate of drug-likeness (QED) is 0.506. The van der Waals surface area contributed by atoms with Gasteiger partial charge in [0.05, 0.1) is 24.3 Å². The molecule has 2 fully saturated rings. The molecule has 1 aliphatic heterocycles. The molecule has 0 radical (unpaired) electrons. The number of nitrogens with two attached hydrogens (primary N) is 1. The first-order chi connectivity index (χ1) is 17.4. The summed E-state index contributed by atoms with van der Waals surface area (Å²) < 4.78 is 25.5. The number of hydrogen-bond acceptors (Lipinski definition) is 6. The van der Waals surface area contributed by atoms with E-state index in [1.165, 1.54) is 7.11 Å². The zero-order chi connectivity index (χ0) is 25.8. The Morgan fingerprint density at radius 3 is 2.67 bits per heavy atom. The molecule has 4 N–H and O–H groups in total. The van der Waals surface area contributed by atoms with Crippen LogP contribution in [0.1, 0.15) is 54.9 Å². The van der Waals surface area contributed by atoms with Crippen molar-refractivity contribution in [2.24, 2.45) is 23.5 Å². The fourth-order valence-corrected chi connectivity index (χ4v) is 5.08. The predicted molar refractivity (Wildman–Crippen MR) is 132 cm³/mol. The summed E-state index contributed by atoms with van der Waals surface area (Å²) in [4.78, 5) is 28.3. The van der Waals surface area contributed by atoms with Crippen molar-refractivity contribution in [2.45, 2.75) is 51.2 Å². The molecule has 2 aromatic rings. The zero-order valence-electron chi connectivity index (χ0n) is 20.6. The molecule has 2 aliphatic rings. The van der Waals surface area contributed by atoms with E-state index in [1.54, 1.807) is 18.3 Å². The molecule has 1 aromatic carbocycles. The normalized spacial score (nSPS) is 25.7. The lowest BCUT2D eigenvalue weighted by atomic mass is 9.82. The van der Waals surface area contributed by atoms with Gasteiger partial charge in [0.2, 0.25) is 5.88 Å². The van der Waals surface area contributed by atoms with Crippen LogP contribution in [0.25, 0.3) is 10.8 Å². The minimum absolute atomic E-state index is 0.0474. The number of amides is 2. The lowest BCUT2D eigenvalue weighted by Gasteiger charge is -2.23. The Hall–Kier alpha value is -3.38. The van der Waals surface area contributed by atoms with Crippen LogP contribution < -0.4 is 20.5 Å². The lowest BCUT2D eigenvalue weighted by molar-refractivity contribution is -0.123. The number of pyridine rings is 1. The van der Waals surface area contributed by atoms with Gasteiger partial charge in [-0.05, 0) is 50.2 Å². The Balaban J connectivity index is 1.67. The average molecular weight is 498 g/mol. The molecule has 3 unspecified atom stereocenters. The molecule has 2 heterocycles. The first kappa shape index (κ1) is 25.7. The molecule has 4 rings (SSSR count). The Morgan fingerprint density at radius 1 is 1.28 bits per heavy atom. The highest BCUT2D eigenvalue weighted by Gasteiger charge is 2.41. The summed E-state index contributed by atoms with van der Waals surface area (Å²) in [6.45, 7) is 2.09. The van der Waals surface area contributed by atoms with Gasteiger partial charge in [0, 0.05) is 35.4 Å². The Morgan fingerprint density at radius 2 is 2.03 bits per heavy atom. The average Bonchev–Trinajstić information content (AvgIpc) is 3.17. The van der Waals surface area contributed by atoms with Gasteiger partial charge in [0.25, 0.3) is 11.8 Å². The van der Waals surface area contributed by atoms with Crippen LogP contribution in [0, 0.1) is 29.6 Å². The monoisotopic (exact) mass is 497 g/mol. The topological polar surface area (TPSA) is 124 Å². The van der Waals surface area contributed by atoms with Crippen molar-refractivity contribution in [2.75, 3.05) is 20.3 Å². The van der Waals surface area contributed by atoms with Gasteiger partial charge in [-0.25, -0.2) is 9.37 Å². The van der Waals surface area contributed by atoms with Crippen LogP contribution in [-0.2, 0) is 4.79 Å². The third-order valence-electron chi connectivity index (χ3n) is 7.29. The van der Waals surface area contributed by atoms with Crippen LogP contribution in [0.2, 0.25) is 0 Å². The number of aromatic nitrogens is 1. The van der Waals surface area contributed by atoms with Crippen LogP contribution in [0.15, 0.2) is 18.3 Å². The molecule has 1 aliphatic carbocycles. The number of aliphatic hydroxyl groups excluding tert-OH is 1. The molecule has 1 saturated carbocycles. The van der Waals surface area contributed by atoms with Crippen molar-refractivity contribution in [3.63, 3.8) is 0 Å². The summed E-state index contributed by atoms with van der Waals surface area (Å²) in [6, 6.07) is 2.79. The second-order valence-electron chi connectivity index (χ2n) is 9.51. The molecule has 0 bridgehead atoms.